The van der Waals surface area contributed by atoms with Crippen LogP contribution in [0.3, 0.4) is 0 Å². The van der Waals surface area contributed by atoms with Crippen molar-refractivity contribution in [3.8, 4) is 0 Å². The van der Waals surface area contributed by atoms with Crippen molar-refractivity contribution in [3.05, 3.63) is 0 Å². The van der Waals surface area contributed by atoms with E-state index in [0.717, 1.165) is 0 Å². The molecule has 0 fully saturated rings. The minimum Gasteiger partial charge on any atom is 1.00 e. The second-order valence-electron chi connectivity index (χ2n) is 0.697. The molecule has 0 radical (unpaired) electrons. The Morgan fingerprint density at radius 2 is 0.786 bits per heavy atom. The van der Waals surface area contributed by atoms with Crippen LogP contribution in [0.2, 0.25) is 0 Å². The summed E-state index contributed by atoms with van der Waals surface area (Å²) in [7, 11) is -5.39. The normalized spacial score (nSPS) is 6.07. The van der Waals surface area contributed by atoms with E-state index in [2.05, 4.69) is 0 Å². The van der Waals surface area contributed by atoms with Gasteiger partial charge in [0, 0.05) is 0 Å². The molecule has 0 aromatic rings. The van der Waals surface area contributed by atoms with E-state index in [0.29, 0.717) is 0 Å². The average Bonchev–Trinajstić information content (AvgIpc) is 1.19. The SMILES string of the molecule is O=P([O-])([O-])[O-].[O]=[Ti]([O-])[O-].[Rb+].[Rb+].[Rb+].[Rb+].[Rb+]. The molecule has 0 spiro atoms. The molecule has 0 aromatic heterocycles. The molecule has 0 aliphatic rings. The van der Waals surface area contributed by atoms with E-state index in [-0.39, 0.29) is 291 Å². The molecular formula is O7PRb5Ti. The molecule has 0 amide bonds. The minimum absolute atomic E-state index is 0. The molecule has 0 N–H and O–H groups in total. The molecule has 0 aliphatic heterocycles. The van der Waals surface area contributed by atoms with Gasteiger partial charge in [-0.3, -0.25) is 0 Å². The molecule has 0 bridgehead atoms. The fourth-order valence-corrected chi connectivity index (χ4v) is 0. The maximum absolute atomic E-state index is 8.58. The van der Waals surface area contributed by atoms with Gasteiger partial charge in [-0.25, -0.2) is 0 Å². The Morgan fingerprint density at radius 1 is 0.786 bits per heavy atom. The van der Waals surface area contributed by atoms with E-state index >= 15 is 0 Å². The first-order valence-corrected chi connectivity index (χ1v) is 4.72. The first kappa shape index (κ1) is 43.7. The van der Waals surface area contributed by atoms with Gasteiger partial charge in [0.15, 0.2) is 0 Å². The van der Waals surface area contributed by atoms with Crippen molar-refractivity contribution in [2.75, 3.05) is 0 Å². The molecule has 0 atom stereocenters. The number of hydrogen-bond acceptors (Lipinski definition) is 7. The maximum atomic E-state index is 8.58. The molecule has 14 heavy (non-hydrogen) atoms. The summed E-state index contributed by atoms with van der Waals surface area (Å²) in [5.74, 6) is 0. The van der Waals surface area contributed by atoms with Crippen molar-refractivity contribution in [2.24, 2.45) is 0 Å². The Morgan fingerprint density at radius 3 is 0.786 bits per heavy atom. The third-order valence-electron chi connectivity index (χ3n) is 0. The van der Waals surface area contributed by atoms with Gasteiger partial charge in [0.25, 0.3) is 0 Å². The van der Waals surface area contributed by atoms with Gasteiger partial charge >= 0.3 is 320 Å². The molecule has 0 saturated heterocycles. The summed E-state index contributed by atoms with van der Waals surface area (Å²) in [5.41, 5.74) is 0. The van der Waals surface area contributed by atoms with Crippen LogP contribution in [0.15, 0.2) is 0 Å². The van der Waals surface area contributed by atoms with Crippen molar-refractivity contribution in [1.82, 2.24) is 0 Å². The van der Waals surface area contributed by atoms with Crippen molar-refractivity contribution in [3.63, 3.8) is 0 Å². The molecule has 0 aliphatic carbocycles. The van der Waals surface area contributed by atoms with Crippen molar-refractivity contribution in [2.45, 2.75) is 0 Å². The number of phosphoric acid groups is 1. The predicted octanol–water partition coefficient (Wildman–Crippen LogP) is -20.3. The van der Waals surface area contributed by atoms with Crippen LogP contribution in [0, 0.1) is 0 Å². The Hall–Kier alpha value is 9.57. The van der Waals surface area contributed by atoms with Crippen LogP contribution in [0.5, 0.6) is 0 Å². The van der Waals surface area contributed by atoms with E-state index in [1.54, 1.807) is 0 Å². The third-order valence-corrected chi connectivity index (χ3v) is 0. The van der Waals surface area contributed by atoms with E-state index in [9.17, 15) is 0 Å². The second kappa shape index (κ2) is 30.5. The topological polar surface area (TPSA) is 149 Å². The number of rotatable bonds is 0. The van der Waals surface area contributed by atoms with Crippen LogP contribution in [-0.2, 0) is 26.5 Å². The first-order valence-electron chi connectivity index (χ1n) is 1.34. The Kier molecular flexibility index (Phi) is 95.1. The molecule has 0 saturated carbocycles. The molecular weight excluding hydrogens is 618 g/mol. The summed E-state index contributed by atoms with van der Waals surface area (Å²) in [6.45, 7) is 0. The van der Waals surface area contributed by atoms with Gasteiger partial charge in [-0.15, -0.1) is 0 Å². The van der Waals surface area contributed by atoms with Gasteiger partial charge in [0.05, 0.1) is 0 Å². The monoisotopic (exact) mass is 615 g/mol. The first-order chi connectivity index (χ1) is 3.73. The molecule has 0 unspecified atom stereocenters. The Balaban J connectivity index is -0.0000000104. The molecule has 0 heterocycles. The van der Waals surface area contributed by atoms with Gasteiger partial charge in [0.2, 0.25) is 0 Å². The van der Waals surface area contributed by atoms with Crippen LogP contribution < -0.4 is 313 Å². The van der Waals surface area contributed by atoms with E-state index in [1.807, 2.05) is 0 Å². The fraction of sp³-hybridized carbons (Fsp3) is 0. The van der Waals surface area contributed by atoms with Crippen LogP contribution in [0.1, 0.15) is 0 Å². The summed E-state index contributed by atoms with van der Waals surface area (Å²) in [4.78, 5) is 25.6. The predicted molar refractivity (Wildman–Crippen MR) is 8.29 cm³/mol. The zero-order valence-electron chi connectivity index (χ0n) is 8.80. The van der Waals surface area contributed by atoms with Crippen molar-refractivity contribution in [1.29, 1.82) is 0 Å². The van der Waals surface area contributed by atoms with Crippen LogP contribution in [0.4, 0.5) is 0 Å². The molecule has 14 heteroatoms. The van der Waals surface area contributed by atoms with Crippen LogP contribution >= 0.6 is 7.82 Å². The average molecular weight is 618 g/mol. The minimum atomic E-state index is -5.39. The number of hydrogen-bond donors (Lipinski definition) is 0. The van der Waals surface area contributed by atoms with Crippen molar-refractivity contribution >= 4 is 7.82 Å². The molecule has 0 rings (SSSR count). The quantitative estimate of drug-likeness (QED) is 0.194. The Bertz CT molecular complexity index is 122. The van der Waals surface area contributed by atoms with Gasteiger partial charge in [-0.1, -0.05) is 0 Å². The summed E-state index contributed by atoms with van der Waals surface area (Å²) in [6.07, 6.45) is 0. The summed E-state index contributed by atoms with van der Waals surface area (Å²) < 4.78 is 34.3. The molecule has 56 valence electrons. The molecule has 7 nitrogen and oxygen atoms in total. The van der Waals surface area contributed by atoms with E-state index in [4.69, 9.17) is 29.9 Å². The zero-order valence-corrected chi connectivity index (χ0v) is 35.8. The molecule has 0 aromatic carbocycles. The zero-order chi connectivity index (χ0) is 8.08. The largest absolute Gasteiger partial charge is 1.00 e. The third kappa shape index (κ3) is 99.7. The van der Waals surface area contributed by atoms with Gasteiger partial charge in [-0.2, -0.15) is 7.82 Å². The van der Waals surface area contributed by atoms with Crippen LogP contribution in [-0.4, -0.2) is 0 Å². The van der Waals surface area contributed by atoms with Gasteiger partial charge in [-0.05, 0) is 0 Å². The van der Waals surface area contributed by atoms with E-state index in [1.165, 1.54) is 0 Å². The summed E-state index contributed by atoms with van der Waals surface area (Å²) >= 11 is -4.08. The standard InChI is InChI=1S/H3O4P.3O.5Rb.Ti/c1-5(2,3)4;;;;;;;;;/h(H3,1,2,3,4);;;;;;;;;/q;;2*-1;5*+1;/p-3. The van der Waals surface area contributed by atoms with Gasteiger partial charge < -0.3 is 19.2 Å². The Labute approximate surface area is 333 Å². The van der Waals surface area contributed by atoms with Crippen LogP contribution in [0.25, 0.3) is 0 Å². The fourth-order valence-electron chi connectivity index (χ4n) is 0. The summed E-state index contributed by atoms with van der Waals surface area (Å²) in [6, 6.07) is 0. The summed E-state index contributed by atoms with van der Waals surface area (Å²) in [5, 5.41) is 0. The smallest absolute Gasteiger partial charge is 1.00 e. The second-order valence-corrected chi connectivity index (χ2v) is 2.37. The van der Waals surface area contributed by atoms with E-state index < -0.39 is 26.4 Å². The maximum Gasteiger partial charge on any atom is 1.00 e. The van der Waals surface area contributed by atoms with Gasteiger partial charge in [0.1, 0.15) is 0 Å². The van der Waals surface area contributed by atoms with Crippen molar-refractivity contribution < 1.29 is 339 Å².